The standard InChI is InChI=1S/C12H14ClN3/c1-8-6-11(13)15-12-10(7-14-16(8)12)9-4-2-3-5-9/h6-7,9H,2-5H2,1H3. The van der Waals surface area contributed by atoms with Crippen molar-refractivity contribution in [3.05, 3.63) is 28.7 Å². The Labute approximate surface area is 99.4 Å². The molecule has 1 saturated carbocycles. The van der Waals surface area contributed by atoms with Crippen molar-refractivity contribution in [2.45, 2.75) is 38.5 Å². The number of aryl methyl sites for hydroxylation is 1. The zero-order valence-corrected chi connectivity index (χ0v) is 10.0. The maximum absolute atomic E-state index is 6.01. The second kappa shape index (κ2) is 3.74. The van der Waals surface area contributed by atoms with Gasteiger partial charge in [-0.1, -0.05) is 24.4 Å². The third-order valence-corrected chi connectivity index (χ3v) is 3.63. The summed E-state index contributed by atoms with van der Waals surface area (Å²) in [6.07, 6.45) is 7.12. The summed E-state index contributed by atoms with van der Waals surface area (Å²) in [7, 11) is 0. The molecule has 16 heavy (non-hydrogen) atoms. The fourth-order valence-corrected chi connectivity index (χ4v) is 2.85. The minimum absolute atomic E-state index is 0.560. The average Bonchev–Trinajstić information content (AvgIpc) is 2.83. The molecule has 2 heterocycles. The summed E-state index contributed by atoms with van der Waals surface area (Å²) < 4.78 is 1.89. The van der Waals surface area contributed by atoms with Gasteiger partial charge >= 0.3 is 0 Å². The summed E-state index contributed by atoms with van der Waals surface area (Å²) in [5.74, 6) is 0.628. The molecule has 84 valence electrons. The Morgan fingerprint density at radius 1 is 1.38 bits per heavy atom. The van der Waals surface area contributed by atoms with Crippen LogP contribution < -0.4 is 0 Å². The maximum Gasteiger partial charge on any atom is 0.160 e. The molecule has 0 radical (unpaired) electrons. The van der Waals surface area contributed by atoms with Crippen LogP contribution in [0.25, 0.3) is 5.65 Å². The average molecular weight is 236 g/mol. The fraction of sp³-hybridized carbons (Fsp3) is 0.500. The predicted octanol–water partition coefficient (Wildman–Crippen LogP) is 3.35. The minimum Gasteiger partial charge on any atom is -0.219 e. The van der Waals surface area contributed by atoms with E-state index in [1.807, 2.05) is 23.7 Å². The topological polar surface area (TPSA) is 30.2 Å². The third-order valence-electron chi connectivity index (χ3n) is 3.44. The van der Waals surface area contributed by atoms with E-state index >= 15 is 0 Å². The molecule has 0 saturated heterocycles. The van der Waals surface area contributed by atoms with E-state index in [0.717, 1.165) is 11.3 Å². The summed E-state index contributed by atoms with van der Waals surface area (Å²) in [4.78, 5) is 4.41. The van der Waals surface area contributed by atoms with Gasteiger partial charge in [-0.2, -0.15) is 5.10 Å². The molecule has 0 atom stereocenters. The molecule has 0 aromatic carbocycles. The van der Waals surface area contributed by atoms with E-state index in [1.54, 1.807) is 0 Å². The van der Waals surface area contributed by atoms with Gasteiger partial charge in [-0.3, -0.25) is 0 Å². The summed E-state index contributed by atoms with van der Waals surface area (Å²) in [6.45, 7) is 2.01. The first-order chi connectivity index (χ1) is 7.75. The second-order valence-corrected chi connectivity index (χ2v) is 4.92. The Kier molecular flexibility index (Phi) is 2.36. The summed E-state index contributed by atoms with van der Waals surface area (Å²) >= 11 is 6.01. The van der Waals surface area contributed by atoms with Crippen LogP contribution in [0, 0.1) is 6.92 Å². The molecule has 3 nitrogen and oxygen atoms in total. The Balaban J connectivity index is 2.18. The SMILES string of the molecule is Cc1cc(Cl)nc2c(C3CCCC3)cnn12. The van der Waals surface area contributed by atoms with Crippen molar-refractivity contribution in [1.82, 2.24) is 14.6 Å². The van der Waals surface area contributed by atoms with Gasteiger partial charge < -0.3 is 0 Å². The number of rotatable bonds is 1. The van der Waals surface area contributed by atoms with Crippen molar-refractivity contribution >= 4 is 17.2 Å². The molecule has 4 heteroatoms. The van der Waals surface area contributed by atoms with Gasteiger partial charge in [-0.05, 0) is 31.7 Å². The van der Waals surface area contributed by atoms with Gasteiger partial charge in [0.1, 0.15) is 5.15 Å². The highest BCUT2D eigenvalue weighted by Crippen LogP contribution is 2.35. The lowest BCUT2D eigenvalue weighted by atomic mass is 10.0. The first kappa shape index (κ1) is 10.1. The molecule has 0 unspecified atom stereocenters. The number of hydrogen-bond donors (Lipinski definition) is 0. The molecule has 0 spiro atoms. The van der Waals surface area contributed by atoms with Crippen molar-refractivity contribution in [2.24, 2.45) is 0 Å². The third kappa shape index (κ3) is 1.50. The monoisotopic (exact) mass is 235 g/mol. The van der Waals surface area contributed by atoms with Gasteiger partial charge in [0.2, 0.25) is 0 Å². The van der Waals surface area contributed by atoms with E-state index in [2.05, 4.69) is 10.1 Å². The van der Waals surface area contributed by atoms with Gasteiger partial charge in [-0.25, -0.2) is 9.50 Å². The highest BCUT2D eigenvalue weighted by atomic mass is 35.5. The van der Waals surface area contributed by atoms with Crippen molar-refractivity contribution in [3.63, 3.8) is 0 Å². The van der Waals surface area contributed by atoms with Crippen LogP contribution in [0.1, 0.15) is 42.9 Å². The second-order valence-electron chi connectivity index (χ2n) is 4.54. The molecule has 0 aliphatic heterocycles. The number of nitrogens with zero attached hydrogens (tertiary/aromatic N) is 3. The van der Waals surface area contributed by atoms with Crippen LogP contribution in [-0.4, -0.2) is 14.6 Å². The molecule has 1 fully saturated rings. The van der Waals surface area contributed by atoms with Gasteiger partial charge in [0.05, 0.1) is 6.20 Å². The molecule has 0 amide bonds. The van der Waals surface area contributed by atoms with Crippen LogP contribution in [0.15, 0.2) is 12.3 Å². The van der Waals surface area contributed by atoms with E-state index in [1.165, 1.54) is 31.2 Å². The van der Waals surface area contributed by atoms with Gasteiger partial charge in [-0.15, -0.1) is 0 Å². The molecule has 1 aliphatic carbocycles. The molecule has 2 aromatic heterocycles. The predicted molar refractivity (Wildman–Crippen MR) is 63.9 cm³/mol. The van der Waals surface area contributed by atoms with Gasteiger partial charge in [0.15, 0.2) is 5.65 Å². The van der Waals surface area contributed by atoms with Crippen molar-refractivity contribution < 1.29 is 0 Å². The van der Waals surface area contributed by atoms with Gasteiger partial charge in [0, 0.05) is 11.3 Å². The van der Waals surface area contributed by atoms with Gasteiger partial charge in [0.25, 0.3) is 0 Å². The Morgan fingerprint density at radius 3 is 2.88 bits per heavy atom. The van der Waals surface area contributed by atoms with Crippen LogP contribution in [0.4, 0.5) is 0 Å². The molecular formula is C12H14ClN3. The van der Waals surface area contributed by atoms with Crippen LogP contribution >= 0.6 is 11.6 Å². The maximum atomic E-state index is 6.01. The lowest BCUT2D eigenvalue weighted by Gasteiger charge is -2.06. The van der Waals surface area contributed by atoms with Crippen LogP contribution in [-0.2, 0) is 0 Å². The summed E-state index contributed by atoms with van der Waals surface area (Å²) in [6, 6.07) is 1.85. The lowest BCUT2D eigenvalue weighted by molar-refractivity contribution is 0.727. The number of halogens is 1. The zero-order valence-electron chi connectivity index (χ0n) is 9.28. The van der Waals surface area contributed by atoms with Crippen molar-refractivity contribution in [3.8, 4) is 0 Å². The molecule has 0 bridgehead atoms. The molecule has 3 rings (SSSR count). The lowest BCUT2D eigenvalue weighted by Crippen LogP contribution is -1.98. The first-order valence-electron chi connectivity index (χ1n) is 5.76. The fourth-order valence-electron chi connectivity index (χ4n) is 2.62. The largest absolute Gasteiger partial charge is 0.219 e. The molecule has 0 N–H and O–H groups in total. The minimum atomic E-state index is 0.560. The van der Waals surface area contributed by atoms with E-state index in [9.17, 15) is 0 Å². The first-order valence-corrected chi connectivity index (χ1v) is 6.14. The smallest absolute Gasteiger partial charge is 0.160 e. The summed E-state index contributed by atoms with van der Waals surface area (Å²) in [5.41, 5.74) is 3.25. The van der Waals surface area contributed by atoms with E-state index < -0.39 is 0 Å². The number of aromatic nitrogens is 3. The highest BCUT2D eigenvalue weighted by Gasteiger charge is 2.21. The van der Waals surface area contributed by atoms with E-state index in [0.29, 0.717) is 11.1 Å². The van der Waals surface area contributed by atoms with Crippen molar-refractivity contribution in [2.75, 3.05) is 0 Å². The van der Waals surface area contributed by atoms with E-state index in [4.69, 9.17) is 11.6 Å². The Bertz CT molecular complexity index is 526. The number of fused-ring (bicyclic) bond motifs is 1. The quantitative estimate of drug-likeness (QED) is 0.710. The molecule has 1 aliphatic rings. The van der Waals surface area contributed by atoms with E-state index in [-0.39, 0.29) is 0 Å². The zero-order chi connectivity index (χ0) is 11.1. The molecule has 2 aromatic rings. The summed E-state index contributed by atoms with van der Waals surface area (Å²) in [5, 5.41) is 4.96. The highest BCUT2D eigenvalue weighted by molar-refractivity contribution is 6.29. The van der Waals surface area contributed by atoms with Crippen molar-refractivity contribution in [1.29, 1.82) is 0 Å². The Hall–Kier alpha value is -1.09. The molecular weight excluding hydrogens is 222 g/mol. The van der Waals surface area contributed by atoms with Crippen LogP contribution in [0.5, 0.6) is 0 Å². The Morgan fingerprint density at radius 2 is 2.12 bits per heavy atom. The van der Waals surface area contributed by atoms with Crippen LogP contribution in [0.2, 0.25) is 5.15 Å². The number of hydrogen-bond acceptors (Lipinski definition) is 2. The van der Waals surface area contributed by atoms with Crippen LogP contribution in [0.3, 0.4) is 0 Å². The normalized spacial score (nSPS) is 17.4.